The van der Waals surface area contributed by atoms with Crippen molar-refractivity contribution in [3.05, 3.63) is 47.0 Å². The summed E-state index contributed by atoms with van der Waals surface area (Å²) in [6.07, 6.45) is 4.20. The Kier molecular flexibility index (Phi) is 5.04. The maximum atomic E-state index is 8.84. The summed E-state index contributed by atoms with van der Waals surface area (Å²) in [6, 6.07) is 10.0. The maximum absolute atomic E-state index is 8.84. The molecular weight excluding hydrogens is 294 g/mol. The van der Waals surface area contributed by atoms with Crippen molar-refractivity contribution >= 4 is 11.3 Å². The van der Waals surface area contributed by atoms with Crippen LogP contribution in [0.5, 0.6) is 5.19 Å². The zero-order valence-electron chi connectivity index (χ0n) is 12.4. The summed E-state index contributed by atoms with van der Waals surface area (Å²) < 4.78 is 5.76. The number of nitriles is 1. The minimum Gasteiger partial charge on any atom is -0.470 e. The summed E-state index contributed by atoms with van der Waals surface area (Å²) >= 11 is 1.55. The molecule has 0 amide bonds. The van der Waals surface area contributed by atoms with Crippen LogP contribution in [0.3, 0.4) is 0 Å². The number of likely N-dealkylation sites (tertiary alicyclic amines) is 1. The van der Waals surface area contributed by atoms with Gasteiger partial charge in [-0.15, -0.1) is 0 Å². The summed E-state index contributed by atoms with van der Waals surface area (Å²) in [5.74, 6) is 0.566. The summed E-state index contributed by atoms with van der Waals surface area (Å²) in [4.78, 5) is 6.63. The fourth-order valence-electron chi connectivity index (χ4n) is 2.84. The Labute approximate surface area is 135 Å². The smallest absolute Gasteiger partial charge is 0.273 e. The van der Waals surface area contributed by atoms with Crippen molar-refractivity contribution in [2.24, 2.45) is 5.92 Å². The first-order valence-corrected chi connectivity index (χ1v) is 8.45. The van der Waals surface area contributed by atoms with Gasteiger partial charge in [-0.25, -0.2) is 4.98 Å². The molecule has 0 spiro atoms. The van der Waals surface area contributed by atoms with Crippen molar-refractivity contribution in [1.82, 2.24) is 9.88 Å². The molecule has 5 heteroatoms. The maximum Gasteiger partial charge on any atom is 0.273 e. The van der Waals surface area contributed by atoms with Gasteiger partial charge < -0.3 is 4.74 Å². The Morgan fingerprint density at radius 2 is 2.23 bits per heavy atom. The molecule has 2 aromatic rings. The van der Waals surface area contributed by atoms with Gasteiger partial charge in [0.2, 0.25) is 0 Å². The van der Waals surface area contributed by atoms with E-state index >= 15 is 0 Å². The van der Waals surface area contributed by atoms with E-state index in [1.165, 1.54) is 18.4 Å². The van der Waals surface area contributed by atoms with Gasteiger partial charge >= 0.3 is 0 Å². The Hall–Kier alpha value is -1.90. The minimum absolute atomic E-state index is 0.566. The number of thiazole rings is 1. The van der Waals surface area contributed by atoms with E-state index in [1.807, 2.05) is 29.6 Å². The molecule has 1 atom stereocenters. The molecule has 1 aliphatic heterocycles. The second-order valence-corrected chi connectivity index (χ2v) is 6.52. The predicted molar refractivity (Wildman–Crippen MR) is 86.8 cm³/mol. The topological polar surface area (TPSA) is 49.2 Å². The van der Waals surface area contributed by atoms with Crippen LogP contribution in [0.1, 0.15) is 24.0 Å². The highest BCUT2D eigenvalue weighted by Crippen LogP contribution is 2.21. The highest BCUT2D eigenvalue weighted by atomic mass is 32.1. The number of aromatic nitrogens is 1. The van der Waals surface area contributed by atoms with Crippen molar-refractivity contribution in [3.63, 3.8) is 0 Å². The third kappa shape index (κ3) is 4.06. The van der Waals surface area contributed by atoms with Crippen molar-refractivity contribution in [2.45, 2.75) is 19.4 Å². The molecule has 0 bridgehead atoms. The number of nitrogens with zero attached hydrogens (tertiary/aromatic N) is 3. The van der Waals surface area contributed by atoms with E-state index in [0.29, 0.717) is 5.92 Å². The molecule has 0 saturated carbocycles. The molecule has 1 aromatic carbocycles. The molecule has 114 valence electrons. The van der Waals surface area contributed by atoms with Crippen molar-refractivity contribution in [2.75, 3.05) is 19.7 Å². The van der Waals surface area contributed by atoms with Gasteiger partial charge in [0.05, 0.1) is 18.2 Å². The van der Waals surface area contributed by atoms with Crippen molar-refractivity contribution in [1.29, 1.82) is 5.26 Å². The van der Waals surface area contributed by atoms with Gasteiger partial charge in [-0.2, -0.15) is 5.26 Å². The first-order chi connectivity index (χ1) is 10.8. The van der Waals surface area contributed by atoms with Gasteiger partial charge in [0.15, 0.2) is 0 Å². The van der Waals surface area contributed by atoms with E-state index in [1.54, 1.807) is 17.5 Å². The number of ether oxygens (including phenoxy) is 1. The van der Waals surface area contributed by atoms with Gasteiger partial charge in [0.25, 0.3) is 5.19 Å². The molecule has 0 N–H and O–H groups in total. The monoisotopic (exact) mass is 313 g/mol. The Bertz CT molecular complexity index is 618. The Balaban J connectivity index is 1.50. The summed E-state index contributed by atoms with van der Waals surface area (Å²) in [5, 5.41) is 11.5. The number of hydrogen-bond donors (Lipinski definition) is 0. The van der Waals surface area contributed by atoms with Crippen LogP contribution in [0.2, 0.25) is 0 Å². The van der Waals surface area contributed by atoms with Gasteiger partial charge in [0.1, 0.15) is 0 Å². The number of rotatable bonds is 5. The van der Waals surface area contributed by atoms with Crippen LogP contribution < -0.4 is 4.74 Å². The first kappa shape index (κ1) is 15.0. The lowest BCUT2D eigenvalue weighted by Crippen LogP contribution is -2.37. The molecule has 22 heavy (non-hydrogen) atoms. The SMILES string of the molecule is N#Cc1ccc(CN2CCCC(COc3nccs3)C2)cc1. The van der Waals surface area contributed by atoms with Gasteiger partial charge in [-0.1, -0.05) is 23.5 Å². The van der Waals surface area contributed by atoms with Gasteiger partial charge in [-0.3, -0.25) is 4.90 Å². The number of hydrogen-bond acceptors (Lipinski definition) is 5. The number of piperidine rings is 1. The zero-order valence-corrected chi connectivity index (χ0v) is 13.3. The normalized spacial score (nSPS) is 18.8. The lowest BCUT2D eigenvalue weighted by Gasteiger charge is -2.32. The molecule has 1 unspecified atom stereocenters. The van der Waals surface area contributed by atoms with Crippen LogP contribution in [0.4, 0.5) is 0 Å². The van der Waals surface area contributed by atoms with E-state index < -0.39 is 0 Å². The highest BCUT2D eigenvalue weighted by Gasteiger charge is 2.20. The fourth-order valence-corrected chi connectivity index (χ4v) is 3.34. The second kappa shape index (κ2) is 7.39. The summed E-state index contributed by atoms with van der Waals surface area (Å²) in [7, 11) is 0. The summed E-state index contributed by atoms with van der Waals surface area (Å²) in [6.45, 7) is 3.88. The molecule has 0 aliphatic carbocycles. The van der Waals surface area contributed by atoms with Crippen LogP contribution in [0.25, 0.3) is 0 Å². The van der Waals surface area contributed by atoms with Crippen LogP contribution in [-0.2, 0) is 6.54 Å². The van der Waals surface area contributed by atoms with Gasteiger partial charge in [-0.05, 0) is 37.1 Å². The zero-order chi connectivity index (χ0) is 15.2. The molecule has 3 rings (SSSR count). The van der Waals surface area contributed by atoms with E-state index in [-0.39, 0.29) is 0 Å². The quantitative estimate of drug-likeness (QED) is 0.850. The molecule has 1 aromatic heterocycles. The van der Waals surface area contributed by atoms with Crippen molar-refractivity contribution < 1.29 is 4.74 Å². The molecule has 1 saturated heterocycles. The average molecular weight is 313 g/mol. The lowest BCUT2D eigenvalue weighted by molar-refractivity contribution is 0.125. The van der Waals surface area contributed by atoms with E-state index in [4.69, 9.17) is 10.00 Å². The molecule has 1 aliphatic rings. The third-order valence-corrected chi connectivity index (χ3v) is 4.63. The lowest BCUT2D eigenvalue weighted by atomic mass is 9.98. The predicted octanol–water partition coefficient (Wildman–Crippen LogP) is 3.31. The second-order valence-electron chi connectivity index (χ2n) is 5.66. The van der Waals surface area contributed by atoms with Crippen LogP contribution in [-0.4, -0.2) is 29.6 Å². The van der Waals surface area contributed by atoms with Crippen molar-refractivity contribution in [3.8, 4) is 11.3 Å². The third-order valence-electron chi connectivity index (χ3n) is 3.94. The van der Waals surface area contributed by atoms with Gasteiger partial charge in [0, 0.05) is 30.6 Å². The Morgan fingerprint density at radius 3 is 2.95 bits per heavy atom. The molecule has 4 nitrogen and oxygen atoms in total. The highest BCUT2D eigenvalue weighted by molar-refractivity contribution is 7.11. The molecular formula is C17H19N3OS. The average Bonchev–Trinajstić information content (AvgIpc) is 3.08. The van der Waals surface area contributed by atoms with Crippen LogP contribution in [0, 0.1) is 17.2 Å². The molecule has 1 fully saturated rings. The van der Waals surface area contributed by atoms with Crippen LogP contribution >= 0.6 is 11.3 Å². The van der Waals surface area contributed by atoms with Crippen LogP contribution in [0.15, 0.2) is 35.8 Å². The number of benzene rings is 1. The Morgan fingerprint density at radius 1 is 1.36 bits per heavy atom. The molecule has 0 radical (unpaired) electrons. The minimum atomic E-state index is 0.566. The standard InChI is InChI=1S/C17H19N3OS/c18-10-14-3-5-15(6-4-14)11-20-8-1-2-16(12-20)13-21-17-19-7-9-22-17/h3-7,9,16H,1-2,8,11-13H2. The first-order valence-electron chi connectivity index (χ1n) is 7.57. The molecule has 2 heterocycles. The summed E-state index contributed by atoms with van der Waals surface area (Å²) in [5.41, 5.74) is 1.98. The van der Waals surface area contributed by atoms with E-state index in [0.717, 1.165) is 37.0 Å². The van der Waals surface area contributed by atoms with E-state index in [2.05, 4.69) is 16.0 Å². The van der Waals surface area contributed by atoms with E-state index in [9.17, 15) is 0 Å². The fraction of sp³-hybridized carbons (Fsp3) is 0.412. The largest absolute Gasteiger partial charge is 0.470 e.